The van der Waals surface area contributed by atoms with Crippen LogP contribution in [-0.4, -0.2) is 46.9 Å². The third-order valence-electron chi connectivity index (χ3n) is 4.37. The molecule has 1 amide bonds. The van der Waals surface area contributed by atoms with E-state index in [1.165, 1.54) is 16.9 Å². The maximum Gasteiger partial charge on any atom is 0.260 e. The number of nitrogens with zero attached hydrogens (tertiary/aromatic N) is 1. The molecule has 0 spiro atoms. The minimum absolute atomic E-state index is 0.258. The molecule has 0 heterocycles. The van der Waals surface area contributed by atoms with Crippen LogP contribution < -0.4 is 19.1 Å². The molecule has 0 radical (unpaired) electrons. The fourth-order valence-corrected chi connectivity index (χ4v) is 3.13. The SMILES string of the molecule is Cc1ccc(OCCNC(=O)[C@H](C)Oc2ccc(N(C)S(C)(=O)=O)cc2)c(C)c1. The van der Waals surface area contributed by atoms with Gasteiger partial charge in [-0.15, -0.1) is 0 Å². The van der Waals surface area contributed by atoms with E-state index in [0.717, 1.165) is 17.6 Å². The van der Waals surface area contributed by atoms with Crippen molar-refractivity contribution in [1.29, 1.82) is 0 Å². The zero-order chi connectivity index (χ0) is 21.6. The lowest BCUT2D eigenvalue weighted by atomic mass is 10.1. The molecule has 7 nitrogen and oxygen atoms in total. The molecule has 0 unspecified atom stereocenters. The van der Waals surface area contributed by atoms with Crippen LogP contribution in [0.1, 0.15) is 18.1 Å². The Bertz CT molecular complexity index is 942. The Balaban J connectivity index is 1.80. The number of sulfonamides is 1. The van der Waals surface area contributed by atoms with Crippen molar-refractivity contribution in [3.63, 3.8) is 0 Å². The molecular formula is C21H28N2O5S. The summed E-state index contributed by atoms with van der Waals surface area (Å²) in [6, 6.07) is 12.5. The number of carbonyl (C=O) groups excluding carboxylic acids is 1. The van der Waals surface area contributed by atoms with Gasteiger partial charge in [-0.3, -0.25) is 9.10 Å². The minimum Gasteiger partial charge on any atom is -0.491 e. The average molecular weight is 421 g/mol. The number of aryl methyl sites for hydroxylation is 2. The van der Waals surface area contributed by atoms with Gasteiger partial charge >= 0.3 is 0 Å². The van der Waals surface area contributed by atoms with Crippen molar-refractivity contribution in [3.05, 3.63) is 53.6 Å². The number of hydrogen-bond acceptors (Lipinski definition) is 5. The number of benzene rings is 2. The summed E-state index contributed by atoms with van der Waals surface area (Å²) in [5, 5.41) is 2.78. The lowest BCUT2D eigenvalue weighted by molar-refractivity contribution is -0.127. The Morgan fingerprint density at radius 3 is 2.38 bits per heavy atom. The third kappa shape index (κ3) is 6.67. The van der Waals surface area contributed by atoms with Gasteiger partial charge in [0.1, 0.15) is 18.1 Å². The van der Waals surface area contributed by atoms with Crippen molar-refractivity contribution in [2.24, 2.45) is 0 Å². The quantitative estimate of drug-likeness (QED) is 0.631. The highest BCUT2D eigenvalue weighted by atomic mass is 32.2. The maximum atomic E-state index is 12.2. The van der Waals surface area contributed by atoms with Crippen LogP contribution in [-0.2, 0) is 14.8 Å². The van der Waals surface area contributed by atoms with Gasteiger partial charge in [-0.1, -0.05) is 17.7 Å². The van der Waals surface area contributed by atoms with Gasteiger partial charge in [-0.25, -0.2) is 8.42 Å². The van der Waals surface area contributed by atoms with E-state index in [2.05, 4.69) is 5.32 Å². The van der Waals surface area contributed by atoms with Crippen molar-refractivity contribution >= 4 is 21.6 Å². The Labute approximate surface area is 172 Å². The van der Waals surface area contributed by atoms with E-state index in [-0.39, 0.29) is 5.91 Å². The molecule has 8 heteroatoms. The second kappa shape index (κ2) is 9.65. The molecule has 2 aromatic carbocycles. The molecule has 1 atom stereocenters. The molecule has 0 aromatic heterocycles. The number of rotatable bonds is 9. The summed E-state index contributed by atoms with van der Waals surface area (Å²) in [5.74, 6) is 1.02. The molecular weight excluding hydrogens is 392 g/mol. The van der Waals surface area contributed by atoms with Crippen LogP contribution in [0.3, 0.4) is 0 Å². The predicted molar refractivity (Wildman–Crippen MR) is 114 cm³/mol. The molecule has 0 bridgehead atoms. The lowest BCUT2D eigenvalue weighted by Crippen LogP contribution is -2.38. The first-order valence-electron chi connectivity index (χ1n) is 9.26. The fourth-order valence-electron chi connectivity index (χ4n) is 2.62. The smallest absolute Gasteiger partial charge is 0.260 e. The number of nitrogens with one attached hydrogen (secondary N) is 1. The summed E-state index contributed by atoms with van der Waals surface area (Å²) in [5.41, 5.74) is 2.74. The summed E-state index contributed by atoms with van der Waals surface area (Å²) >= 11 is 0. The van der Waals surface area contributed by atoms with E-state index in [0.29, 0.717) is 24.6 Å². The number of ether oxygens (including phenoxy) is 2. The molecule has 0 fully saturated rings. The van der Waals surface area contributed by atoms with Gasteiger partial charge in [-0.05, 0) is 56.7 Å². The fraction of sp³-hybridized carbons (Fsp3) is 0.381. The highest BCUT2D eigenvalue weighted by Gasteiger charge is 2.15. The first-order chi connectivity index (χ1) is 13.6. The molecule has 0 aliphatic heterocycles. The molecule has 158 valence electrons. The van der Waals surface area contributed by atoms with Crippen molar-refractivity contribution in [3.8, 4) is 11.5 Å². The second-order valence-corrected chi connectivity index (χ2v) is 8.91. The normalized spacial score (nSPS) is 12.2. The van der Waals surface area contributed by atoms with Gasteiger partial charge < -0.3 is 14.8 Å². The summed E-state index contributed by atoms with van der Waals surface area (Å²) in [6.45, 7) is 6.37. The number of carbonyl (C=O) groups is 1. The maximum absolute atomic E-state index is 12.2. The van der Waals surface area contributed by atoms with Crippen LogP contribution >= 0.6 is 0 Å². The van der Waals surface area contributed by atoms with Crippen LogP contribution in [0.5, 0.6) is 11.5 Å². The molecule has 0 saturated heterocycles. The first kappa shape index (κ1) is 22.5. The van der Waals surface area contributed by atoms with Crippen LogP contribution in [0.25, 0.3) is 0 Å². The molecule has 1 N–H and O–H groups in total. The summed E-state index contributed by atoms with van der Waals surface area (Å²) in [7, 11) is -1.85. The van der Waals surface area contributed by atoms with Gasteiger partial charge in [0.2, 0.25) is 10.0 Å². The lowest BCUT2D eigenvalue weighted by Gasteiger charge is -2.18. The molecule has 0 aliphatic rings. The zero-order valence-corrected chi connectivity index (χ0v) is 18.2. The van der Waals surface area contributed by atoms with Crippen molar-refractivity contribution in [1.82, 2.24) is 5.32 Å². The summed E-state index contributed by atoms with van der Waals surface area (Å²) < 4.78 is 35.6. The van der Waals surface area contributed by atoms with Crippen LogP contribution in [0.4, 0.5) is 5.69 Å². The Morgan fingerprint density at radius 1 is 1.14 bits per heavy atom. The number of hydrogen-bond donors (Lipinski definition) is 1. The molecule has 29 heavy (non-hydrogen) atoms. The zero-order valence-electron chi connectivity index (χ0n) is 17.4. The van der Waals surface area contributed by atoms with E-state index in [9.17, 15) is 13.2 Å². The van der Waals surface area contributed by atoms with Gasteiger partial charge in [0.05, 0.1) is 18.5 Å². The molecule has 2 aromatic rings. The summed E-state index contributed by atoms with van der Waals surface area (Å²) in [6.07, 6.45) is 0.433. The largest absolute Gasteiger partial charge is 0.491 e. The van der Waals surface area contributed by atoms with E-state index >= 15 is 0 Å². The molecule has 0 aliphatic carbocycles. The monoisotopic (exact) mass is 420 g/mol. The van der Waals surface area contributed by atoms with Gasteiger partial charge in [0.25, 0.3) is 5.91 Å². The first-order valence-corrected chi connectivity index (χ1v) is 11.1. The van der Waals surface area contributed by atoms with Crippen molar-refractivity contribution in [2.75, 3.05) is 30.8 Å². The van der Waals surface area contributed by atoms with Crippen LogP contribution in [0.2, 0.25) is 0 Å². The van der Waals surface area contributed by atoms with Crippen molar-refractivity contribution in [2.45, 2.75) is 26.9 Å². The van der Waals surface area contributed by atoms with Crippen LogP contribution in [0.15, 0.2) is 42.5 Å². The van der Waals surface area contributed by atoms with E-state index < -0.39 is 16.1 Å². The number of amides is 1. The predicted octanol–water partition coefficient (Wildman–Crippen LogP) is 2.66. The summed E-state index contributed by atoms with van der Waals surface area (Å²) in [4.78, 5) is 12.2. The van der Waals surface area contributed by atoms with Crippen LogP contribution in [0, 0.1) is 13.8 Å². The topological polar surface area (TPSA) is 84.9 Å². The Hall–Kier alpha value is -2.74. The second-order valence-electron chi connectivity index (χ2n) is 6.89. The molecule has 2 rings (SSSR count). The van der Waals surface area contributed by atoms with Gasteiger partial charge in [0, 0.05) is 7.05 Å². The Kier molecular flexibility index (Phi) is 7.50. The van der Waals surface area contributed by atoms with E-state index in [1.54, 1.807) is 31.2 Å². The Morgan fingerprint density at radius 2 is 1.79 bits per heavy atom. The molecule has 0 saturated carbocycles. The highest BCUT2D eigenvalue weighted by Crippen LogP contribution is 2.21. The third-order valence-corrected chi connectivity index (χ3v) is 5.57. The van der Waals surface area contributed by atoms with E-state index in [4.69, 9.17) is 9.47 Å². The number of anilines is 1. The van der Waals surface area contributed by atoms with E-state index in [1.807, 2.05) is 32.0 Å². The minimum atomic E-state index is -3.33. The average Bonchev–Trinajstić information content (AvgIpc) is 2.65. The van der Waals surface area contributed by atoms with Gasteiger partial charge in [0.15, 0.2) is 6.10 Å². The van der Waals surface area contributed by atoms with Crippen molar-refractivity contribution < 1.29 is 22.7 Å². The standard InChI is InChI=1S/C21H28N2O5S/c1-15-6-11-20(16(2)14-15)27-13-12-22-21(24)17(3)28-19-9-7-18(8-10-19)23(4)29(5,25)26/h6-11,14,17H,12-13H2,1-5H3,(H,22,24)/t17-/m0/s1. The highest BCUT2D eigenvalue weighted by molar-refractivity contribution is 7.92. The van der Waals surface area contributed by atoms with Gasteiger partial charge in [-0.2, -0.15) is 0 Å².